The van der Waals surface area contributed by atoms with E-state index in [1.165, 1.54) is 18.0 Å². The Bertz CT molecular complexity index is 332. The average molecular weight is 183 g/mol. The molecule has 0 atom stereocenters. The molecule has 1 aromatic rings. The van der Waals surface area contributed by atoms with Gasteiger partial charge in [0.2, 0.25) is 0 Å². The van der Waals surface area contributed by atoms with Gasteiger partial charge in [-0.2, -0.15) is 5.10 Å². The molecule has 0 amide bonds. The van der Waals surface area contributed by atoms with E-state index in [2.05, 4.69) is 15.0 Å². The van der Waals surface area contributed by atoms with Crippen LogP contribution in [0.5, 0.6) is 0 Å². The fraction of sp³-hybridized carbons (Fsp3) is 0.429. The number of esters is 1. The quantitative estimate of drug-likeness (QED) is 0.519. The fourth-order valence-corrected chi connectivity index (χ4v) is 0.882. The van der Waals surface area contributed by atoms with Crippen LogP contribution in [0.4, 0.5) is 5.69 Å². The molecule has 6 nitrogen and oxygen atoms in total. The lowest BCUT2D eigenvalue weighted by Crippen LogP contribution is -2.04. The van der Waals surface area contributed by atoms with Gasteiger partial charge >= 0.3 is 5.97 Å². The summed E-state index contributed by atoms with van der Waals surface area (Å²) in [6, 6.07) is 0. The van der Waals surface area contributed by atoms with Gasteiger partial charge in [0, 0.05) is 6.54 Å². The topological polar surface area (TPSA) is 73.5 Å². The third kappa shape index (κ3) is 1.71. The highest BCUT2D eigenvalue weighted by molar-refractivity contribution is 5.92. The molecule has 0 aliphatic heterocycles. The van der Waals surface area contributed by atoms with Crippen molar-refractivity contribution in [3.63, 3.8) is 0 Å². The smallest absolute Gasteiger partial charge is 0.360 e. The molecule has 1 aromatic heterocycles. The molecule has 0 saturated carbocycles. The molecule has 0 radical (unpaired) electrons. The van der Waals surface area contributed by atoms with Gasteiger partial charge in [-0.05, 0) is 12.1 Å². The standard InChI is InChI=1S/C7H9N3O3/c1-3-10-4-5(9-12)6(8-10)7(11)13-2/h4H,3H2,1-2H3. The zero-order chi connectivity index (χ0) is 9.84. The van der Waals surface area contributed by atoms with Gasteiger partial charge in [-0.3, -0.25) is 4.68 Å². The van der Waals surface area contributed by atoms with Gasteiger partial charge in [-0.25, -0.2) is 4.79 Å². The van der Waals surface area contributed by atoms with Crippen LogP contribution in [0, 0.1) is 4.91 Å². The molecule has 70 valence electrons. The number of ether oxygens (including phenoxy) is 1. The second kappa shape index (κ2) is 3.79. The minimum absolute atomic E-state index is 0.00806. The molecule has 0 saturated heterocycles. The number of carbonyl (C=O) groups is 1. The molecule has 1 rings (SSSR count). The number of nitrogens with zero attached hydrogens (tertiary/aromatic N) is 3. The van der Waals surface area contributed by atoms with Gasteiger partial charge in [-0.15, -0.1) is 4.91 Å². The van der Waals surface area contributed by atoms with Crippen molar-refractivity contribution in [2.45, 2.75) is 13.5 Å². The van der Waals surface area contributed by atoms with E-state index in [0.717, 1.165) is 0 Å². The molecule has 0 unspecified atom stereocenters. The summed E-state index contributed by atoms with van der Waals surface area (Å²) in [4.78, 5) is 21.3. The fourth-order valence-electron chi connectivity index (χ4n) is 0.882. The van der Waals surface area contributed by atoms with Crippen LogP contribution < -0.4 is 0 Å². The number of hydrogen-bond acceptors (Lipinski definition) is 5. The van der Waals surface area contributed by atoms with Crippen LogP contribution in [-0.4, -0.2) is 22.9 Å². The Labute approximate surface area is 74.5 Å². The summed E-state index contributed by atoms with van der Waals surface area (Å²) >= 11 is 0. The maximum atomic E-state index is 11.0. The number of aromatic nitrogens is 2. The first-order valence-electron chi connectivity index (χ1n) is 3.72. The lowest BCUT2D eigenvalue weighted by molar-refractivity contribution is 0.0594. The predicted molar refractivity (Wildman–Crippen MR) is 44.7 cm³/mol. The second-order valence-corrected chi connectivity index (χ2v) is 2.30. The van der Waals surface area contributed by atoms with Crippen LogP contribution in [-0.2, 0) is 11.3 Å². The normalized spacial score (nSPS) is 9.69. The summed E-state index contributed by atoms with van der Waals surface area (Å²) in [6.07, 6.45) is 1.40. The van der Waals surface area contributed by atoms with E-state index in [1.807, 2.05) is 6.92 Å². The Morgan fingerprint density at radius 3 is 2.92 bits per heavy atom. The van der Waals surface area contributed by atoms with E-state index in [-0.39, 0.29) is 11.4 Å². The van der Waals surface area contributed by atoms with Crippen molar-refractivity contribution >= 4 is 11.7 Å². The molecule has 0 fully saturated rings. The summed E-state index contributed by atoms with van der Waals surface area (Å²) in [5, 5.41) is 6.49. The molecule has 1 heterocycles. The average Bonchev–Trinajstić information content (AvgIpc) is 2.59. The first kappa shape index (κ1) is 9.37. The molecule has 0 N–H and O–H groups in total. The highest BCUT2D eigenvalue weighted by atomic mass is 16.5. The third-order valence-electron chi connectivity index (χ3n) is 1.54. The number of nitroso groups, excluding NO2 is 1. The van der Waals surface area contributed by atoms with E-state index >= 15 is 0 Å². The van der Waals surface area contributed by atoms with E-state index in [0.29, 0.717) is 6.54 Å². The zero-order valence-electron chi connectivity index (χ0n) is 7.35. The molecule has 0 aromatic carbocycles. The highest BCUT2D eigenvalue weighted by Gasteiger charge is 2.17. The maximum absolute atomic E-state index is 11.0. The Hall–Kier alpha value is -1.72. The van der Waals surface area contributed by atoms with Gasteiger partial charge < -0.3 is 4.74 Å². The molecular weight excluding hydrogens is 174 g/mol. The van der Waals surface area contributed by atoms with E-state index in [1.54, 1.807) is 0 Å². The molecular formula is C7H9N3O3. The molecule has 0 spiro atoms. The van der Waals surface area contributed by atoms with Crippen molar-refractivity contribution in [1.29, 1.82) is 0 Å². The molecule has 13 heavy (non-hydrogen) atoms. The number of rotatable bonds is 3. The van der Waals surface area contributed by atoms with Crippen molar-refractivity contribution in [1.82, 2.24) is 9.78 Å². The SMILES string of the molecule is CCn1cc(N=O)c(C(=O)OC)n1. The van der Waals surface area contributed by atoms with E-state index < -0.39 is 5.97 Å². The maximum Gasteiger partial charge on any atom is 0.360 e. The van der Waals surface area contributed by atoms with Crippen LogP contribution >= 0.6 is 0 Å². The predicted octanol–water partition coefficient (Wildman–Crippen LogP) is 1.09. The minimum atomic E-state index is -0.651. The first-order chi connectivity index (χ1) is 6.22. The van der Waals surface area contributed by atoms with E-state index in [4.69, 9.17) is 0 Å². The van der Waals surface area contributed by atoms with Gasteiger partial charge in [0.1, 0.15) is 0 Å². The zero-order valence-corrected chi connectivity index (χ0v) is 7.35. The Morgan fingerprint density at radius 2 is 2.46 bits per heavy atom. The number of hydrogen-bond donors (Lipinski definition) is 0. The Balaban J connectivity index is 3.10. The van der Waals surface area contributed by atoms with Gasteiger partial charge in [0.25, 0.3) is 0 Å². The summed E-state index contributed by atoms with van der Waals surface area (Å²) in [7, 11) is 1.22. The lowest BCUT2D eigenvalue weighted by atomic mass is 10.4. The Morgan fingerprint density at radius 1 is 1.77 bits per heavy atom. The molecule has 0 bridgehead atoms. The summed E-state index contributed by atoms with van der Waals surface area (Å²) < 4.78 is 5.87. The van der Waals surface area contributed by atoms with Crippen LogP contribution in [0.15, 0.2) is 11.4 Å². The first-order valence-corrected chi connectivity index (χ1v) is 3.72. The van der Waals surface area contributed by atoms with Crippen LogP contribution in [0.3, 0.4) is 0 Å². The minimum Gasteiger partial charge on any atom is -0.464 e. The van der Waals surface area contributed by atoms with Gasteiger partial charge in [0.05, 0.1) is 13.3 Å². The van der Waals surface area contributed by atoms with Crippen LogP contribution in [0.25, 0.3) is 0 Å². The number of aryl methyl sites for hydroxylation is 1. The van der Waals surface area contributed by atoms with Crippen molar-refractivity contribution in [3.05, 3.63) is 16.8 Å². The van der Waals surface area contributed by atoms with Crippen LogP contribution in [0.2, 0.25) is 0 Å². The van der Waals surface area contributed by atoms with Crippen molar-refractivity contribution in [2.75, 3.05) is 7.11 Å². The second-order valence-electron chi connectivity index (χ2n) is 2.30. The summed E-state index contributed by atoms with van der Waals surface area (Å²) in [6.45, 7) is 2.40. The van der Waals surface area contributed by atoms with Crippen molar-refractivity contribution in [3.8, 4) is 0 Å². The number of carbonyl (C=O) groups excluding carboxylic acids is 1. The summed E-state index contributed by atoms with van der Waals surface area (Å²) in [5.74, 6) is -0.651. The van der Waals surface area contributed by atoms with Gasteiger partial charge in [-0.1, -0.05) is 0 Å². The monoisotopic (exact) mass is 183 g/mol. The highest BCUT2D eigenvalue weighted by Crippen LogP contribution is 2.17. The third-order valence-corrected chi connectivity index (χ3v) is 1.54. The molecule has 0 aliphatic rings. The molecule has 0 aliphatic carbocycles. The van der Waals surface area contributed by atoms with Crippen molar-refractivity contribution < 1.29 is 9.53 Å². The van der Waals surface area contributed by atoms with E-state index in [9.17, 15) is 9.70 Å². The summed E-state index contributed by atoms with van der Waals surface area (Å²) in [5.41, 5.74) is -0.0342. The lowest BCUT2D eigenvalue weighted by Gasteiger charge is -1.93. The Kier molecular flexibility index (Phi) is 2.73. The van der Waals surface area contributed by atoms with Gasteiger partial charge in [0.15, 0.2) is 11.4 Å². The number of methoxy groups -OCH3 is 1. The molecule has 6 heteroatoms. The van der Waals surface area contributed by atoms with Crippen LogP contribution in [0.1, 0.15) is 17.4 Å². The van der Waals surface area contributed by atoms with Crippen molar-refractivity contribution in [2.24, 2.45) is 5.18 Å². The largest absolute Gasteiger partial charge is 0.464 e.